The summed E-state index contributed by atoms with van der Waals surface area (Å²) in [5.74, 6) is 2.09. The molecule has 7 nitrogen and oxygen atoms in total. The predicted molar refractivity (Wildman–Crippen MR) is 87.1 cm³/mol. The second-order valence-corrected chi connectivity index (χ2v) is 5.26. The van der Waals surface area contributed by atoms with E-state index in [4.69, 9.17) is 10.2 Å². The summed E-state index contributed by atoms with van der Waals surface area (Å²) < 4.78 is 7.04. The lowest BCUT2D eigenvalue weighted by molar-refractivity contribution is 0.0773. The summed E-state index contributed by atoms with van der Waals surface area (Å²) in [5, 5.41) is 4.34. The van der Waals surface area contributed by atoms with Crippen molar-refractivity contribution in [3.63, 3.8) is 0 Å². The van der Waals surface area contributed by atoms with Gasteiger partial charge in [0.2, 0.25) is 5.82 Å². The van der Waals surface area contributed by atoms with Gasteiger partial charge in [0.05, 0.1) is 0 Å². The highest BCUT2D eigenvalue weighted by Gasteiger charge is 2.17. The molecule has 3 heterocycles. The summed E-state index contributed by atoms with van der Waals surface area (Å²) in [5.41, 5.74) is 7.06. The summed E-state index contributed by atoms with van der Waals surface area (Å²) in [7, 11) is 0. The number of anilines is 1. The SMILES string of the molecule is CCN(CC)C(=O)c1cc(N)n2nc(-c3ccc(C)o3)nc2c1. The predicted octanol–water partition coefficient (Wildman–Crippen LogP) is 2.36. The molecule has 1 amide bonds. The number of hydrogen-bond donors (Lipinski definition) is 1. The topological polar surface area (TPSA) is 89.7 Å². The molecule has 0 fully saturated rings. The number of nitrogens with zero attached hydrogens (tertiary/aromatic N) is 4. The zero-order valence-corrected chi connectivity index (χ0v) is 13.4. The minimum atomic E-state index is -0.0670. The van der Waals surface area contributed by atoms with Crippen LogP contribution in [0.15, 0.2) is 28.7 Å². The molecule has 0 bridgehead atoms. The third kappa shape index (κ3) is 2.65. The first-order valence-corrected chi connectivity index (χ1v) is 7.55. The van der Waals surface area contributed by atoms with E-state index >= 15 is 0 Å². The smallest absolute Gasteiger partial charge is 0.254 e. The lowest BCUT2D eigenvalue weighted by Gasteiger charge is -2.18. The first-order chi connectivity index (χ1) is 11.0. The third-order valence-electron chi connectivity index (χ3n) is 3.72. The Balaban J connectivity index is 2.06. The number of furan rings is 1. The van der Waals surface area contributed by atoms with Crippen molar-refractivity contribution in [2.45, 2.75) is 20.8 Å². The molecule has 0 saturated carbocycles. The molecule has 2 N–H and O–H groups in total. The van der Waals surface area contributed by atoms with E-state index in [0.717, 1.165) is 5.76 Å². The maximum Gasteiger partial charge on any atom is 0.254 e. The van der Waals surface area contributed by atoms with Crippen molar-refractivity contribution < 1.29 is 9.21 Å². The summed E-state index contributed by atoms with van der Waals surface area (Å²) >= 11 is 0. The maximum absolute atomic E-state index is 12.5. The Bertz CT molecular complexity index is 861. The molecule has 3 aromatic heterocycles. The lowest BCUT2D eigenvalue weighted by Crippen LogP contribution is -2.30. The summed E-state index contributed by atoms with van der Waals surface area (Å²) in [6.07, 6.45) is 0. The van der Waals surface area contributed by atoms with Gasteiger partial charge in [-0.15, -0.1) is 5.10 Å². The van der Waals surface area contributed by atoms with E-state index in [1.807, 2.05) is 32.9 Å². The van der Waals surface area contributed by atoms with Crippen LogP contribution in [0.25, 0.3) is 17.2 Å². The molecule has 0 aliphatic rings. The van der Waals surface area contributed by atoms with Gasteiger partial charge < -0.3 is 15.1 Å². The first-order valence-electron chi connectivity index (χ1n) is 7.55. The van der Waals surface area contributed by atoms with Gasteiger partial charge in [0.1, 0.15) is 11.6 Å². The first kappa shape index (κ1) is 15.1. The maximum atomic E-state index is 12.5. The molecule has 0 atom stereocenters. The Hall–Kier alpha value is -2.83. The number of pyridine rings is 1. The van der Waals surface area contributed by atoms with E-state index in [1.165, 1.54) is 4.52 Å². The molecule has 3 aromatic rings. The summed E-state index contributed by atoms with van der Waals surface area (Å²) in [6.45, 7) is 7.03. The van der Waals surface area contributed by atoms with Crippen LogP contribution in [0.2, 0.25) is 0 Å². The number of hydrogen-bond acceptors (Lipinski definition) is 5. The van der Waals surface area contributed by atoms with Crippen molar-refractivity contribution in [2.24, 2.45) is 0 Å². The highest BCUT2D eigenvalue weighted by molar-refractivity contribution is 5.96. The van der Waals surface area contributed by atoms with Gasteiger partial charge in [-0.25, -0.2) is 4.98 Å². The van der Waals surface area contributed by atoms with Crippen LogP contribution in [-0.2, 0) is 0 Å². The van der Waals surface area contributed by atoms with Gasteiger partial charge in [-0.1, -0.05) is 0 Å². The number of carbonyl (C=O) groups excluding carboxylic acids is 1. The zero-order valence-electron chi connectivity index (χ0n) is 13.4. The van der Waals surface area contributed by atoms with Crippen LogP contribution in [0.3, 0.4) is 0 Å². The fraction of sp³-hybridized carbons (Fsp3) is 0.312. The van der Waals surface area contributed by atoms with Crippen LogP contribution in [0, 0.1) is 6.92 Å². The molecule has 0 aliphatic heterocycles. The van der Waals surface area contributed by atoms with Crippen LogP contribution in [0.1, 0.15) is 30.0 Å². The molecule has 3 rings (SSSR count). The molecule has 7 heteroatoms. The standard InChI is InChI=1S/C16H19N5O2/c1-4-20(5-2)16(22)11-8-13(17)21-14(9-11)18-15(19-21)12-7-6-10(3)23-12/h6-9H,4-5,17H2,1-3H3. The van der Waals surface area contributed by atoms with E-state index in [1.54, 1.807) is 17.0 Å². The Morgan fingerprint density at radius 1 is 1.30 bits per heavy atom. The van der Waals surface area contributed by atoms with E-state index in [0.29, 0.717) is 41.7 Å². The normalized spacial score (nSPS) is 11.1. The Kier molecular flexibility index (Phi) is 3.77. The van der Waals surface area contributed by atoms with Crippen molar-refractivity contribution in [3.8, 4) is 11.6 Å². The fourth-order valence-corrected chi connectivity index (χ4v) is 2.48. The second-order valence-electron chi connectivity index (χ2n) is 5.26. The summed E-state index contributed by atoms with van der Waals surface area (Å²) in [4.78, 5) is 18.6. The average molecular weight is 313 g/mol. The van der Waals surface area contributed by atoms with E-state index in [-0.39, 0.29) is 5.91 Å². The van der Waals surface area contributed by atoms with Gasteiger partial charge in [0.25, 0.3) is 5.91 Å². The second kappa shape index (κ2) is 5.75. The van der Waals surface area contributed by atoms with Crippen molar-refractivity contribution in [1.29, 1.82) is 0 Å². The van der Waals surface area contributed by atoms with Crippen LogP contribution in [0.4, 0.5) is 5.82 Å². The average Bonchev–Trinajstić information content (AvgIpc) is 3.14. The Morgan fingerprint density at radius 3 is 2.65 bits per heavy atom. The minimum Gasteiger partial charge on any atom is -0.458 e. The third-order valence-corrected chi connectivity index (χ3v) is 3.72. The number of amides is 1. The van der Waals surface area contributed by atoms with Gasteiger partial charge in [-0.3, -0.25) is 4.79 Å². The minimum absolute atomic E-state index is 0.0670. The van der Waals surface area contributed by atoms with Crippen LogP contribution in [-0.4, -0.2) is 38.5 Å². The van der Waals surface area contributed by atoms with Gasteiger partial charge in [0.15, 0.2) is 11.4 Å². The molecule has 0 aliphatic carbocycles. The number of nitrogens with two attached hydrogens (primary N) is 1. The number of fused-ring (bicyclic) bond motifs is 1. The molecule has 0 spiro atoms. The zero-order chi connectivity index (χ0) is 16.6. The van der Waals surface area contributed by atoms with E-state index < -0.39 is 0 Å². The lowest BCUT2D eigenvalue weighted by atomic mass is 10.2. The van der Waals surface area contributed by atoms with Crippen molar-refractivity contribution in [1.82, 2.24) is 19.5 Å². The van der Waals surface area contributed by atoms with Crippen molar-refractivity contribution >= 4 is 17.4 Å². The van der Waals surface area contributed by atoms with Gasteiger partial charge in [0, 0.05) is 18.7 Å². The van der Waals surface area contributed by atoms with Crippen LogP contribution >= 0.6 is 0 Å². The molecule has 0 unspecified atom stereocenters. The number of rotatable bonds is 4. The molecule has 0 radical (unpaired) electrons. The Labute approximate surface area is 133 Å². The van der Waals surface area contributed by atoms with Gasteiger partial charge in [-0.2, -0.15) is 4.52 Å². The molecule has 120 valence electrons. The van der Waals surface area contributed by atoms with Crippen molar-refractivity contribution in [2.75, 3.05) is 18.8 Å². The van der Waals surface area contributed by atoms with E-state index in [9.17, 15) is 4.79 Å². The van der Waals surface area contributed by atoms with Gasteiger partial charge >= 0.3 is 0 Å². The largest absolute Gasteiger partial charge is 0.458 e. The molecule has 23 heavy (non-hydrogen) atoms. The highest BCUT2D eigenvalue weighted by atomic mass is 16.3. The summed E-state index contributed by atoms with van der Waals surface area (Å²) in [6, 6.07) is 6.98. The Morgan fingerprint density at radius 2 is 2.04 bits per heavy atom. The van der Waals surface area contributed by atoms with Crippen molar-refractivity contribution in [3.05, 3.63) is 35.6 Å². The number of aromatic nitrogens is 3. The number of carbonyl (C=O) groups is 1. The van der Waals surface area contributed by atoms with Crippen LogP contribution in [0.5, 0.6) is 0 Å². The monoisotopic (exact) mass is 313 g/mol. The molecular weight excluding hydrogens is 294 g/mol. The molecule has 0 saturated heterocycles. The fourth-order valence-electron chi connectivity index (χ4n) is 2.48. The number of aryl methyl sites for hydroxylation is 1. The molecule has 0 aromatic carbocycles. The van der Waals surface area contributed by atoms with E-state index in [2.05, 4.69) is 10.1 Å². The highest BCUT2D eigenvalue weighted by Crippen LogP contribution is 2.21. The quantitative estimate of drug-likeness (QED) is 0.798. The van der Waals surface area contributed by atoms with Crippen LogP contribution < -0.4 is 5.73 Å². The molecular formula is C16H19N5O2. The number of nitrogen functional groups attached to an aromatic ring is 1. The van der Waals surface area contributed by atoms with Gasteiger partial charge in [-0.05, 0) is 45.0 Å².